The largest absolute Gasteiger partial charge is 0.506 e. The zero-order valence-corrected chi connectivity index (χ0v) is 17.5. The molecule has 4 rings (SSSR count). The molecule has 0 unspecified atom stereocenters. The highest BCUT2D eigenvalue weighted by Gasteiger charge is 2.25. The zero-order chi connectivity index (χ0) is 19.8. The molecule has 0 saturated carbocycles. The molecule has 6 heteroatoms. The van der Waals surface area contributed by atoms with Crippen molar-refractivity contribution in [2.75, 3.05) is 5.32 Å². The summed E-state index contributed by atoms with van der Waals surface area (Å²) < 4.78 is 1.03. The van der Waals surface area contributed by atoms with Crippen molar-refractivity contribution in [2.45, 2.75) is 0 Å². The van der Waals surface area contributed by atoms with E-state index >= 15 is 0 Å². The summed E-state index contributed by atoms with van der Waals surface area (Å²) in [4.78, 5) is 25.2. The van der Waals surface area contributed by atoms with Gasteiger partial charge in [-0.1, -0.05) is 30.3 Å². The summed E-state index contributed by atoms with van der Waals surface area (Å²) in [7, 11) is 0. The Morgan fingerprint density at radius 3 is 2.29 bits per heavy atom. The molecular formula is C22H13Br2NO3. The van der Waals surface area contributed by atoms with Crippen LogP contribution >= 0.6 is 31.9 Å². The van der Waals surface area contributed by atoms with Gasteiger partial charge < -0.3 is 10.4 Å². The molecule has 138 valence electrons. The minimum atomic E-state index is -0.236. The Labute approximate surface area is 178 Å². The van der Waals surface area contributed by atoms with E-state index in [-0.39, 0.29) is 17.4 Å². The van der Waals surface area contributed by atoms with Crippen LogP contribution < -0.4 is 5.32 Å². The Morgan fingerprint density at radius 1 is 0.929 bits per heavy atom. The molecule has 0 radical (unpaired) electrons. The van der Waals surface area contributed by atoms with E-state index in [1.165, 1.54) is 0 Å². The Kier molecular flexibility index (Phi) is 4.91. The zero-order valence-electron chi connectivity index (χ0n) is 14.4. The number of phenolic OH excluding ortho intramolecular Hbond substituents is 1. The Balaban J connectivity index is 1.77. The molecule has 3 aromatic rings. The maximum absolute atomic E-state index is 12.8. The van der Waals surface area contributed by atoms with Crippen LogP contribution in [0.25, 0.3) is 11.6 Å². The maximum Gasteiger partial charge on any atom is 0.256 e. The van der Waals surface area contributed by atoms with E-state index in [1.807, 2.05) is 18.2 Å². The van der Waals surface area contributed by atoms with Crippen LogP contribution in [-0.2, 0) is 4.79 Å². The molecule has 0 aliphatic carbocycles. The van der Waals surface area contributed by atoms with Crippen LogP contribution in [0.15, 0.2) is 69.6 Å². The van der Waals surface area contributed by atoms with Gasteiger partial charge in [0.2, 0.25) is 0 Å². The number of aromatic hydroxyl groups is 1. The van der Waals surface area contributed by atoms with Crippen molar-refractivity contribution in [2.24, 2.45) is 0 Å². The number of carbonyl (C=O) groups excluding carboxylic acids is 2. The summed E-state index contributed by atoms with van der Waals surface area (Å²) in [5.41, 5.74) is 3.64. The van der Waals surface area contributed by atoms with Crippen LogP contribution in [0.1, 0.15) is 27.0 Å². The van der Waals surface area contributed by atoms with Gasteiger partial charge in [-0.15, -0.1) is 0 Å². The monoisotopic (exact) mass is 497 g/mol. The molecule has 1 aliphatic heterocycles. The number of hydrogen-bond donors (Lipinski definition) is 2. The van der Waals surface area contributed by atoms with Gasteiger partial charge in [-0.2, -0.15) is 0 Å². The molecule has 1 amide bonds. The molecule has 0 fully saturated rings. The molecule has 1 heterocycles. The summed E-state index contributed by atoms with van der Waals surface area (Å²) in [5.74, 6) is -0.244. The van der Waals surface area contributed by atoms with E-state index in [4.69, 9.17) is 0 Å². The highest BCUT2D eigenvalue weighted by Crippen LogP contribution is 2.37. The average molecular weight is 499 g/mol. The Morgan fingerprint density at radius 2 is 1.61 bits per heavy atom. The van der Waals surface area contributed by atoms with Gasteiger partial charge >= 0.3 is 0 Å². The van der Waals surface area contributed by atoms with Crippen molar-refractivity contribution >= 4 is 60.9 Å². The second-order valence-electron chi connectivity index (χ2n) is 6.30. The predicted octanol–water partition coefficient (Wildman–Crippen LogP) is 5.64. The maximum atomic E-state index is 12.8. The van der Waals surface area contributed by atoms with Gasteiger partial charge in [0, 0.05) is 28.0 Å². The van der Waals surface area contributed by atoms with E-state index in [0.717, 1.165) is 5.56 Å². The Bertz CT molecular complexity index is 1130. The molecule has 0 aromatic heterocycles. The smallest absolute Gasteiger partial charge is 0.256 e. The van der Waals surface area contributed by atoms with Crippen LogP contribution in [0, 0.1) is 0 Å². The highest BCUT2D eigenvalue weighted by atomic mass is 79.9. The van der Waals surface area contributed by atoms with E-state index < -0.39 is 0 Å². The quantitative estimate of drug-likeness (QED) is 0.362. The summed E-state index contributed by atoms with van der Waals surface area (Å²) >= 11 is 6.59. The highest BCUT2D eigenvalue weighted by molar-refractivity contribution is 9.11. The lowest BCUT2D eigenvalue weighted by Crippen LogP contribution is -2.03. The SMILES string of the molecule is O=C1Nc2ccc(C(=O)c3ccccc3)cc2/C1=C\c1cc(Br)c(O)c(Br)c1. The first-order valence-corrected chi connectivity index (χ1v) is 9.98. The molecule has 3 aromatic carbocycles. The van der Waals surface area contributed by atoms with E-state index in [2.05, 4.69) is 37.2 Å². The average Bonchev–Trinajstić information content (AvgIpc) is 3.00. The van der Waals surface area contributed by atoms with Crippen molar-refractivity contribution in [3.8, 4) is 5.75 Å². The standard InChI is InChI=1S/C22H13Br2NO3/c23-17-9-12(10-18(24)21(17)27)8-16-15-11-14(6-7-19(15)25-22(16)28)20(26)13-4-2-1-3-5-13/h1-11,27H,(H,25,28)/b16-8+. The fourth-order valence-electron chi connectivity index (χ4n) is 3.06. The van der Waals surface area contributed by atoms with Crippen LogP contribution in [0.5, 0.6) is 5.75 Å². The number of rotatable bonds is 3. The second-order valence-corrected chi connectivity index (χ2v) is 8.01. The van der Waals surface area contributed by atoms with E-state index in [9.17, 15) is 14.7 Å². The van der Waals surface area contributed by atoms with Crippen molar-refractivity contribution in [1.82, 2.24) is 0 Å². The summed E-state index contributed by atoms with van der Waals surface area (Å²) in [5, 5.41) is 12.7. The molecular weight excluding hydrogens is 486 g/mol. The lowest BCUT2D eigenvalue weighted by atomic mass is 9.97. The number of amides is 1. The van der Waals surface area contributed by atoms with E-state index in [0.29, 0.717) is 36.9 Å². The first-order valence-electron chi connectivity index (χ1n) is 8.39. The van der Waals surface area contributed by atoms with Crippen LogP contribution in [-0.4, -0.2) is 16.8 Å². The minimum Gasteiger partial charge on any atom is -0.506 e. The van der Waals surface area contributed by atoms with Gasteiger partial charge in [0.15, 0.2) is 5.78 Å². The predicted molar refractivity (Wildman–Crippen MR) is 116 cm³/mol. The molecule has 28 heavy (non-hydrogen) atoms. The van der Waals surface area contributed by atoms with E-state index in [1.54, 1.807) is 48.5 Å². The van der Waals surface area contributed by atoms with Gasteiger partial charge in [-0.05, 0) is 73.8 Å². The summed E-state index contributed by atoms with van der Waals surface area (Å²) in [6.45, 7) is 0. The number of carbonyl (C=O) groups is 2. The molecule has 0 bridgehead atoms. The van der Waals surface area contributed by atoms with Gasteiger partial charge in [0.05, 0.1) is 8.95 Å². The third kappa shape index (κ3) is 3.41. The lowest BCUT2D eigenvalue weighted by molar-refractivity contribution is -0.110. The Hall–Kier alpha value is -2.70. The normalized spacial score (nSPS) is 14.1. The van der Waals surface area contributed by atoms with Crippen molar-refractivity contribution < 1.29 is 14.7 Å². The third-order valence-electron chi connectivity index (χ3n) is 4.45. The summed E-state index contributed by atoms with van der Waals surface area (Å²) in [6, 6.07) is 17.7. The number of anilines is 1. The van der Waals surface area contributed by atoms with Gasteiger partial charge in [-0.25, -0.2) is 0 Å². The lowest BCUT2D eigenvalue weighted by Gasteiger charge is -2.06. The fourth-order valence-corrected chi connectivity index (χ4v) is 4.29. The number of benzene rings is 3. The van der Waals surface area contributed by atoms with Crippen LogP contribution in [0.3, 0.4) is 0 Å². The third-order valence-corrected chi connectivity index (χ3v) is 5.66. The van der Waals surface area contributed by atoms with Crippen molar-refractivity contribution in [3.63, 3.8) is 0 Å². The van der Waals surface area contributed by atoms with Gasteiger partial charge in [0.25, 0.3) is 5.91 Å². The minimum absolute atomic E-state index is 0.0918. The number of halogens is 2. The number of hydrogen-bond acceptors (Lipinski definition) is 3. The molecule has 0 spiro atoms. The van der Waals surface area contributed by atoms with Crippen molar-refractivity contribution in [1.29, 1.82) is 0 Å². The van der Waals surface area contributed by atoms with Gasteiger partial charge in [0.1, 0.15) is 5.75 Å². The van der Waals surface area contributed by atoms with Gasteiger partial charge in [-0.3, -0.25) is 9.59 Å². The molecule has 0 saturated heterocycles. The topological polar surface area (TPSA) is 66.4 Å². The number of fused-ring (bicyclic) bond motifs is 1. The van der Waals surface area contributed by atoms with Crippen LogP contribution in [0.4, 0.5) is 5.69 Å². The first kappa shape index (κ1) is 18.7. The van der Waals surface area contributed by atoms with Crippen molar-refractivity contribution in [3.05, 3.63) is 91.9 Å². The second kappa shape index (κ2) is 7.37. The molecule has 2 N–H and O–H groups in total. The molecule has 0 atom stereocenters. The fraction of sp³-hybridized carbons (Fsp3) is 0. The van der Waals surface area contributed by atoms with Crippen LogP contribution in [0.2, 0.25) is 0 Å². The summed E-state index contributed by atoms with van der Waals surface area (Å²) in [6.07, 6.45) is 1.73. The number of phenols is 1. The number of nitrogens with one attached hydrogen (secondary N) is 1. The first-order chi connectivity index (χ1) is 13.4. The number of ketones is 1. The molecule has 1 aliphatic rings. The molecule has 4 nitrogen and oxygen atoms in total.